The molecular weight excluding hydrogens is 366 g/mol. The Balaban J connectivity index is 1.91. The van der Waals surface area contributed by atoms with E-state index in [1.54, 1.807) is 30.3 Å². The summed E-state index contributed by atoms with van der Waals surface area (Å²) in [5.74, 6) is -1.23. The molecule has 2 aromatic carbocycles. The third-order valence-corrected chi connectivity index (χ3v) is 4.93. The largest absolute Gasteiger partial charge is 0.478 e. The van der Waals surface area contributed by atoms with Gasteiger partial charge in [-0.2, -0.15) is 5.10 Å². The average molecular weight is 378 g/mol. The molecule has 0 unspecified atom stereocenters. The molecule has 0 saturated carbocycles. The van der Waals surface area contributed by atoms with Crippen molar-refractivity contribution >= 4 is 33.3 Å². The Kier molecular flexibility index (Phi) is 4.47. The number of hydrogen-bond acceptors (Lipinski definition) is 4. The van der Waals surface area contributed by atoms with Gasteiger partial charge in [0.15, 0.2) is 0 Å². The molecule has 0 bridgehead atoms. The molecule has 3 aromatic rings. The minimum atomic E-state index is -3.99. The Labute approximate surface area is 148 Å². The lowest BCUT2D eigenvalue weighted by Gasteiger charge is -2.08. The Morgan fingerprint density at radius 2 is 1.80 bits per heavy atom. The summed E-state index contributed by atoms with van der Waals surface area (Å²) in [5.41, 5.74) is 0.474. The maximum Gasteiger partial charge on any atom is 0.337 e. The van der Waals surface area contributed by atoms with Crippen molar-refractivity contribution < 1.29 is 18.3 Å². The Bertz CT molecular complexity index is 1030. The molecule has 2 N–H and O–H groups in total. The van der Waals surface area contributed by atoms with Gasteiger partial charge in [-0.05, 0) is 36.4 Å². The van der Waals surface area contributed by atoms with Crippen molar-refractivity contribution in [1.29, 1.82) is 0 Å². The molecule has 7 nitrogen and oxygen atoms in total. The second-order valence-corrected chi connectivity index (χ2v) is 7.17. The first-order valence-electron chi connectivity index (χ1n) is 7.02. The summed E-state index contributed by atoms with van der Waals surface area (Å²) in [5, 5.41) is 13.7. The number of rotatable bonds is 5. The third-order valence-electron chi connectivity index (χ3n) is 3.36. The summed E-state index contributed by atoms with van der Waals surface area (Å²) in [6.45, 7) is 0. The highest BCUT2D eigenvalue weighted by Crippen LogP contribution is 2.21. The maximum absolute atomic E-state index is 12.5. The second-order valence-electron chi connectivity index (χ2n) is 5.05. The zero-order chi connectivity index (χ0) is 18.0. The quantitative estimate of drug-likeness (QED) is 0.711. The number of nitrogens with one attached hydrogen (secondary N) is 1. The van der Waals surface area contributed by atoms with Gasteiger partial charge in [0.05, 0.1) is 29.3 Å². The summed E-state index contributed by atoms with van der Waals surface area (Å²) < 4.78 is 28.7. The van der Waals surface area contributed by atoms with E-state index >= 15 is 0 Å². The molecule has 0 aliphatic carbocycles. The van der Waals surface area contributed by atoms with Gasteiger partial charge in [-0.3, -0.25) is 4.72 Å². The smallest absolute Gasteiger partial charge is 0.337 e. The number of carboxylic acid groups (broad SMARTS) is 1. The van der Waals surface area contributed by atoms with Gasteiger partial charge in [-0.1, -0.05) is 23.7 Å². The van der Waals surface area contributed by atoms with Crippen LogP contribution in [-0.2, 0) is 10.0 Å². The van der Waals surface area contributed by atoms with E-state index in [1.165, 1.54) is 35.3 Å². The van der Waals surface area contributed by atoms with Gasteiger partial charge in [-0.25, -0.2) is 17.9 Å². The predicted octanol–water partition coefficient (Wildman–Crippen LogP) is 3.02. The van der Waals surface area contributed by atoms with E-state index in [1.807, 2.05) is 0 Å². The minimum Gasteiger partial charge on any atom is -0.478 e. The molecule has 0 aliphatic heterocycles. The number of para-hydroxylation sites is 1. The van der Waals surface area contributed by atoms with Crippen LogP contribution in [0.4, 0.5) is 5.69 Å². The zero-order valence-electron chi connectivity index (χ0n) is 12.6. The molecule has 0 saturated heterocycles. The molecule has 0 radical (unpaired) electrons. The van der Waals surface area contributed by atoms with Gasteiger partial charge < -0.3 is 5.11 Å². The molecule has 0 aliphatic rings. The van der Waals surface area contributed by atoms with Crippen molar-refractivity contribution in [2.45, 2.75) is 4.90 Å². The van der Waals surface area contributed by atoms with E-state index in [9.17, 15) is 13.2 Å². The number of sulfonamides is 1. The molecule has 0 atom stereocenters. The molecular formula is C16H12ClN3O4S. The summed E-state index contributed by atoms with van der Waals surface area (Å²) >= 11 is 5.82. The SMILES string of the molecule is O=C(O)c1ccccc1NS(=O)(=O)c1cnn(-c2ccc(Cl)cc2)c1. The molecule has 9 heteroatoms. The number of nitrogens with zero attached hydrogens (tertiary/aromatic N) is 2. The number of hydrogen-bond donors (Lipinski definition) is 2. The molecule has 128 valence electrons. The van der Waals surface area contributed by atoms with Crippen molar-refractivity contribution in [2.24, 2.45) is 0 Å². The molecule has 0 fully saturated rings. The lowest BCUT2D eigenvalue weighted by atomic mass is 10.2. The Morgan fingerprint density at radius 1 is 1.12 bits per heavy atom. The fraction of sp³-hybridized carbons (Fsp3) is 0. The number of carboxylic acids is 1. The van der Waals surface area contributed by atoms with Crippen LogP contribution in [0.2, 0.25) is 5.02 Å². The van der Waals surface area contributed by atoms with E-state index in [4.69, 9.17) is 16.7 Å². The molecule has 1 heterocycles. The van der Waals surface area contributed by atoms with Gasteiger partial charge in [0.25, 0.3) is 10.0 Å². The highest BCUT2D eigenvalue weighted by Gasteiger charge is 2.20. The van der Waals surface area contributed by atoms with Crippen molar-refractivity contribution in [3.05, 3.63) is 71.5 Å². The maximum atomic E-state index is 12.5. The summed E-state index contributed by atoms with van der Waals surface area (Å²) in [4.78, 5) is 11.1. The van der Waals surface area contributed by atoms with Gasteiger partial charge in [0.1, 0.15) is 4.90 Å². The third kappa shape index (κ3) is 3.65. The standard InChI is InChI=1S/C16H12ClN3O4S/c17-11-5-7-12(8-6-11)20-10-13(9-18-20)25(23,24)19-15-4-2-1-3-14(15)16(21)22/h1-10,19H,(H,21,22). The monoisotopic (exact) mass is 377 g/mol. The number of benzene rings is 2. The summed E-state index contributed by atoms with van der Waals surface area (Å²) in [6, 6.07) is 12.5. The van der Waals surface area contributed by atoms with Gasteiger partial charge in [-0.15, -0.1) is 0 Å². The van der Waals surface area contributed by atoms with Crippen LogP contribution in [-0.4, -0.2) is 29.3 Å². The predicted molar refractivity (Wildman–Crippen MR) is 92.8 cm³/mol. The lowest BCUT2D eigenvalue weighted by molar-refractivity contribution is 0.0698. The van der Waals surface area contributed by atoms with E-state index in [0.29, 0.717) is 10.7 Å². The normalized spacial score (nSPS) is 11.2. The fourth-order valence-corrected chi connectivity index (χ4v) is 3.28. The fourth-order valence-electron chi connectivity index (χ4n) is 2.14. The topological polar surface area (TPSA) is 101 Å². The molecule has 3 rings (SSSR count). The van der Waals surface area contributed by atoms with E-state index < -0.39 is 16.0 Å². The summed E-state index contributed by atoms with van der Waals surface area (Å²) in [6.07, 6.45) is 2.51. The first kappa shape index (κ1) is 17.0. The van der Waals surface area contributed by atoms with Crippen LogP contribution in [0, 0.1) is 0 Å². The molecule has 25 heavy (non-hydrogen) atoms. The van der Waals surface area contributed by atoms with Gasteiger partial charge in [0.2, 0.25) is 0 Å². The lowest BCUT2D eigenvalue weighted by Crippen LogP contribution is -2.15. The number of aromatic carboxylic acids is 1. The number of halogens is 1. The van der Waals surface area contributed by atoms with Crippen LogP contribution in [0.5, 0.6) is 0 Å². The van der Waals surface area contributed by atoms with Crippen LogP contribution in [0.1, 0.15) is 10.4 Å². The van der Waals surface area contributed by atoms with E-state index in [2.05, 4.69) is 9.82 Å². The minimum absolute atomic E-state index is 0.0192. The van der Waals surface area contributed by atoms with Crippen molar-refractivity contribution in [3.63, 3.8) is 0 Å². The zero-order valence-corrected chi connectivity index (χ0v) is 14.2. The van der Waals surface area contributed by atoms with E-state index in [-0.39, 0.29) is 16.1 Å². The van der Waals surface area contributed by atoms with Crippen LogP contribution < -0.4 is 4.72 Å². The average Bonchev–Trinajstić information content (AvgIpc) is 3.06. The second kappa shape index (κ2) is 6.58. The number of carbonyl (C=O) groups is 1. The number of aromatic nitrogens is 2. The van der Waals surface area contributed by atoms with Crippen LogP contribution in [0.25, 0.3) is 5.69 Å². The van der Waals surface area contributed by atoms with E-state index in [0.717, 1.165) is 0 Å². The van der Waals surface area contributed by atoms with Gasteiger partial charge >= 0.3 is 5.97 Å². The Hall–Kier alpha value is -2.84. The highest BCUT2D eigenvalue weighted by atomic mass is 35.5. The first-order chi connectivity index (χ1) is 11.9. The summed E-state index contributed by atoms with van der Waals surface area (Å²) in [7, 11) is -3.99. The molecule has 0 spiro atoms. The molecule has 1 aromatic heterocycles. The highest BCUT2D eigenvalue weighted by molar-refractivity contribution is 7.92. The van der Waals surface area contributed by atoms with Crippen molar-refractivity contribution in [1.82, 2.24) is 9.78 Å². The van der Waals surface area contributed by atoms with Crippen LogP contribution in [0.15, 0.2) is 65.8 Å². The Morgan fingerprint density at radius 3 is 2.48 bits per heavy atom. The van der Waals surface area contributed by atoms with Crippen molar-refractivity contribution in [2.75, 3.05) is 4.72 Å². The van der Waals surface area contributed by atoms with Crippen molar-refractivity contribution in [3.8, 4) is 5.69 Å². The molecule has 0 amide bonds. The van der Waals surface area contributed by atoms with Gasteiger partial charge in [0, 0.05) is 5.02 Å². The first-order valence-corrected chi connectivity index (χ1v) is 8.89. The van der Waals surface area contributed by atoms with Crippen LogP contribution in [0.3, 0.4) is 0 Å². The van der Waals surface area contributed by atoms with Crippen LogP contribution >= 0.6 is 11.6 Å². The number of anilines is 1.